The molecule has 0 aromatic heterocycles. The average Bonchev–Trinajstić information content (AvgIpc) is 2.40. The predicted molar refractivity (Wildman–Crippen MR) is 88.3 cm³/mol. The van der Waals surface area contributed by atoms with Crippen molar-refractivity contribution in [3.05, 3.63) is 33.8 Å². The molecule has 0 spiro atoms. The number of nitrogens with one attached hydrogen (secondary N) is 1. The summed E-state index contributed by atoms with van der Waals surface area (Å²) in [6, 6.07) is 5.21. The van der Waals surface area contributed by atoms with Crippen molar-refractivity contribution in [1.82, 2.24) is 5.32 Å². The van der Waals surface area contributed by atoms with Gasteiger partial charge in [-0.3, -0.25) is 4.79 Å². The molecule has 5 heteroatoms. The summed E-state index contributed by atoms with van der Waals surface area (Å²) in [6.07, 6.45) is 3.49. The molecule has 0 amide bonds. The SMILES string of the molecule is CC(C)C[C@H](NCCCCc1ccc(Cl)c(Cl)c1)C(=O)O. The lowest BCUT2D eigenvalue weighted by Crippen LogP contribution is -2.38. The molecule has 0 aliphatic rings. The Labute approximate surface area is 136 Å². The molecule has 0 saturated carbocycles. The number of rotatable bonds is 9. The van der Waals surface area contributed by atoms with Crippen molar-refractivity contribution < 1.29 is 9.90 Å². The number of aliphatic carboxylic acids is 1. The number of hydrogen-bond acceptors (Lipinski definition) is 2. The van der Waals surface area contributed by atoms with Crippen LogP contribution in [0.1, 0.15) is 38.7 Å². The second kappa shape index (κ2) is 9.29. The van der Waals surface area contributed by atoms with Crippen molar-refractivity contribution >= 4 is 29.2 Å². The van der Waals surface area contributed by atoms with E-state index in [1.807, 2.05) is 26.0 Å². The maximum Gasteiger partial charge on any atom is 0.320 e. The number of halogens is 2. The third kappa shape index (κ3) is 7.16. The first kappa shape index (κ1) is 18.3. The molecule has 118 valence electrons. The van der Waals surface area contributed by atoms with Crippen LogP contribution in [0.2, 0.25) is 10.0 Å². The van der Waals surface area contributed by atoms with Gasteiger partial charge in [0.15, 0.2) is 0 Å². The number of unbranched alkanes of at least 4 members (excludes halogenated alkanes) is 1. The maximum atomic E-state index is 11.1. The lowest BCUT2D eigenvalue weighted by Gasteiger charge is -2.16. The van der Waals surface area contributed by atoms with Crippen molar-refractivity contribution in [3.8, 4) is 0 Å². The minimum absolute atomic E-state index is 0.370. The van der Waals surface area contributed by atoms with Crippen molar-refractivity contribution in [2.75, 3.05) is 6.54 Å². The molecular formula is C16H23Cl2NO2. The molecule has 0 bridgehead atoms. The lowest BCUT2D eigenvalue weighted by atomic mass is 10.0. The van der Waals surface area contributed by atoms with E-state index < -0.39 is 12.0 Å². The molecule has 3 nitrogen and oxygen atoms in total. The van der Waals surface area contributed by atoms with Crippen LogP contribution in [0.25, 0.3) is 0 Å². The third-order valence-corrected chi connectivity index (χ3v) is 4.01. The molecule has 0 aliphatic carbocycles. The zero-order valence-electron chi connectivity index (χ0n) is 12.5. The predicted octanol–water partition coefficient (Wildman–Crippen LogP) is 4.41. The van der Waals surface area contributed by atoms with Gasteiger partial charge in [0, 0.05) is 0 Å². The van der Waals surface area contributed by atoms with E-state index in [1.54, 1.807) is 6.07 Å². The van der Waals surface area contributed by atoms with Crippen LogP contribution >= 0.6 is 23.2 Å². The van der Waals surface area contributed by atoms with Crippen molar-refractivity contribution in [2.24, 2.45) is 5.92 Å². The van der Waals surface area contributed by atoms with Crippen LogP contribution in [0.15, 0.2) is 18.2 Å². The van der Waals surface area contributed by atoms with E-state index >= 15 is 0 Å². The molecule has 0 aliphatic heterocycles. The molecule has 0 fully saturated rings. The summed E-state index contributed by atoms with van der Waals surface area (Å²) in [5, 5.41) is 13.4. The van der Waals surface area contributed by atoms with E-state index in [0.29, 0.717) is 28.9 Å². The third-order valence-electron chi connectivity index (χ3n) is 3.27. The number of aryl methyl sites for hydroxylation is 1. The van der Waals surface area contributed by atoms with Crippen LogP contribution in [-0.2, 0) is 11.2 Å². The van der Waals surface area contributed by atoms with Gasteiger partial charge in [-0.1, -0.05) is 43.1 Å². The number of carboxylic acids is 1. The number of carboxylic acid groups (broad SMARTS) is 1. The number of hydrogen-bond donors (Lipinski definition) is 2. The highest BCUT2D eigenvalue weighted by Gasteiger charge is 2.17. The maximum absolute atomic E-state index is 11.1. The molecule has 0 saturated heterocycles. The smallest absolute Gasteiger partial charge is 0.320 e. The Kier molecular flexibility index (Phi) is 8.09. The van der Waals surface area contributed by atoms with Gasteiger partial charge in [-0.2, -0.15) is 0 Å². The molecular weight excluding hydrogens is 309 g/mol. The first-order valence-corrected chi connectivity index (χ1v) is 8.06. The van der Waals surface area contributed by atoms with Gasteiger partial charge < -0.3 is 10.4 Å². The molecule has 1 aromatic carbocycles. The molecule has 1 rings (SSSR count). The van der Waals surface area contributed by atoms with E-state index in [4.69, 9.17) is 28.3 Å². The van der Waals surface area contributed by atoms with Crippen LogP contribution in [0, 0.1) is 5.92 Å². The Balaban J connectivity index is 2.27. The largest absolute Gasteiger partial charge is 0.480 e. The van der Waals surface area contributed by atoms with Gasteiger partial charge in [-0.15, -0.1) is 0 Å². The van der Waals surface area contributed by atoms with Crippen LogP contribution in [-0.4, -0.2) is 23.7 Å². The monoisotopic (exact) mass is 331 g/mol. The molecule has 21 heavy (non-hydrogen) atoms. The van der Waals surface area contributed by atoms with Crippen LogP contribution in [0.3, 0.4) is 0 Å². The second-order valence-corrected chi connectivity index (χ2v) is 6.49. The van der Waals surface area contributed by atoms with E-state index in [0.717, 1.165) is 24.8 Å². The van der Waals surface area contributed by atoms with Gasteiger partial charge in [0.1, 0.15) is 6.04 Å². The summed E-state index contributed by atoms with van der Waals surface area (Å²) < 4.78 is 0. The van der Waals surface area contributed by atoms with Crippen molar-refractivity contribution in [1.29, 1.82) is 0 Å². The zero-order chi connectivity index (χ0) is 15.8. The Morgan fingerprint density at radius 2 is 1.95 bits per heavy atom. The van der Waals surface area contributed by atoms with Gasteiger partial charge in [0.05, 0.1) is 10.0 Å². The fraction of sp³-hybridized carbons (Fsp3) is 0.562. The zero-order valence-corrected chi connectivity index (χ0v) is 14.0. The fourth-order valence-corrected chi connectivity index (χ4v) is 2.49. The molecule has 2 N–H and O–H groups in total. The minimum Gasteiger partial charge on any atom is -0.480 e. The highest BCUT2D eigenvalue weighted by Crippen LogP contribution is 2.23. The number of carbonyl (C=O) groups is 1. The molecule has 0 heterocycles. The van der Waals surface area contributed by atoms with Gasteiger partial charge >= 0.3 is 5.97 Å². The number of benzene rings is 1. The Bertz CT molecular complexity index is 464. The van der Waals surface area contributed by atoms with Crippen molar-refractivity contribution in [2.45, 2.75) is 45.6 Å². The summed E-state index contributed by atoms with van der Waals surface area (Å²) in [5.41, 5.74) is 1.15. The summed E-state index contributed by atoms with van der Waals surface area (Å²) in [6.45, 7) is 4.77. The first-order chi connectivity index (χ1) is 9.90. The lowest BCUT2D eigenvalue weighted by molar-refractivity contribution is -0.139. The van der Waals surface area contributed by atoms with E-state index in [2.05, 4.69) is 5.32 Å². The first-order valence-electron chi connectivity index (χ1n) is 7.30. The van der Waals surface area contributed by atoms with Crippen LogP contribution in [0.5, 0.6) is 0 Å². The molecule has 1 atom stereocenters. The molecule has 1 aromatic rings. The summed E-state index contributed by atoms with van der Waals surface area (Å²) in [4.78, 5) is 11.1. The van der Waals surface area contributed by atoms with Gasteiger partial charge in [-0.05, 0) is 55.8 Å². The van der Waals surface area contributed by atoms with Crippen LogP contribution in [0.4, 0.5) is 0 Å². The Hall–Kier alpha value is -0.770. The Morgan fingerprint density at radius 1 is 1.24 bits per heavy atom. The molecule has 0 radical (unpaired) electrons. The normalized spacial score (nSPS) is 12.6. The quantitative estimate of drug-likeness (QED) is 0.659. The minimum atomic E-state index is -0.770. The Morgan fingerprint density at radius 3 is 2.52 bits per heavy atom. The summed E-state index contributed by atoms with van der Waals surface area (Å²) in [7, 11) is 0. The van der Waals surface area contributed by atoms with E-state index in [9.17, 15) is 4.79 Å². The standard InChI is InChI=1S/C16H23Cl2NO2/c1-11(2)9-15(16(20)21)19-8-4-3-5-12-6-7-13(17)14(18)10-12/h6-7,10-11,15,19H,3-5,8-9H2,1-2H3,(H,20,21)/t15-/m0/s1. The van der Waals surface area contributed by atoms with Crippen molar-refractivity contribution in [3.63, 3.8) is 0 Å². The van der Waals surface area contributed by atoms with E-state index in [1.165, 1.54) is 0 Å². The fourth-order valence-electron chi connectivity index (χ4n) is 2.17. The van der Waals surface area contributed by atoms with Gasteiger partial charge in [0.2, 0.25) is 0 Å². The highest BCUT2D eigenvalue weighted by molar-refractivity contribution is 6.42. The average molecular weight is 332 g/mol. The van der Waals surface area contributed by atoms with Gasteiger partial charge in [-0.25, -0.2) is 0 Å². The second-order valence-electron chi connectivity index (χ2n) is 5.68. The highest BCUT2D eigenvalue weighted by atomic mass is 35.5. The summed E-state index contributed by atoms with van der Waals surface area (Å²) in [5.74, 6) is -0.400. The van der Waals surface area contributed by atoms with E-state index in [-0.39, 0.29) is 0 Å². The molecule has 0 unspecified atom stereocenters. The summed E-state index contributed by atoms with van der Waals surface area (Å²) >= 11 is 11.8. The topological polar surface area (TPSA) is 49.3 Å². The van der Waals surface area contributed by atoms with Gasteiger partial charge in [0.25, 0.3) is 0 Å². The van der Waals surface area contributed by atoms with Crippen LogP contribution < -0.4 is 5.32 Å².